The van der Waals surface area contributed by atoms with Crippen LogP contribution in [0.15, 0.2) is 59.5 Å². The second-order valence-electron chi connectivity index (χ2n) is 6.68. The minimum absolute atomic E-state index is 0.0791. The van der Waals surface area contributed by atoms with Gasteiger partial charge in [-0.25, -0.2) is 0 Å². The van der Waals surface area contributed by atoms with E-state index in [1.54, 1.807) is 6.20 Å². The Bertz CT molecular complexity index is 1220. The Labute approximate surface area is 151 Å². The van der Waals surface area contributed by atoms with Crippen molar-refractivity contribution in [1.82, 2.24) is 9.55 Å². The van der Waals surface area contributed by atoms with E-state index in [4.69, 9.17) is 0 Å². The topological polar surface area (TPSA) is 34.9 Å². The summed E-state index contributed by atoms with van der Waals surface area (Å²) in [5, 5.41) is 1.47. The van der Waals surface area contributed by atoms with Gasteiger partial charge in [-0.3, -0.25) is 0 Å². The Hall–Kier alpha value is -2.42. The van der Waals surface area contributed by atoms with Crippen LogP contribution in [0.2, 0.25) is 0 Å². The van der Waals surface area contributed by atoms with Crippen molar-refractivity contribution < 1.29 is 0 Å². The van der Waals surface area contributed by atoms with Crippen molar-refractivity contribution in [1.29, 1.82) is 0 Å². The summed E-state index contributed by atoms with van der Waals surface area (Å²) in [6.45, 7) is 4.42. The SMILES string of the molecule is CC(C)c1ccc2c(c1)-n1c3ncccc3c(=O)c3cccc(c31)[Se]2. The third kappa shape index (κ3) is 2.05. The van der Waals surface area contributed by atoms with Gasteiger partial charge in [0.1, 0.15) is 0 Å². The van der Waals surface area contributed by atoms with E-state index in [1.165, 1.54) is 20.2 Å². The molecule has 0 fully saturated rings. The number of hydrogen-bond acceptors (Lipinski definition) is 2. The summed E-state index contributed by atoms with van der Waals surface area (Å²) in [5.74, 6) is 0.462. The van der Waals surface area contributed by atoms with Crippen LogP contribution < -0.4 is 14.4 Å². The molecule has 0 atom stereocenters. The Kier molecular flexibility index (Phi) is 3.15. The third-order valence-corrected chi connectivity index (χ3v) is 7.16. The van der Waals surface area contributed by atoms with Gasteiger partial charge in [-0.15, -0.1) is 0 Å². The second-order valence-corrected chi connectivity index (χ2v) is 8.95. The molecule has 0 radical (unpaired) electrons. The van der Waals surface area contributed by atoms with Crippen LogP contribution in [0.3, 0.4) is 0 Å². The molecule has 25 heavy (non-hydrogen) atoms. The maximum absolute atomic E-state index is 13.0. The quantitative estimate of drug-likeness (QED) is 0.325. The molecule has 1 aliphatic heterocycles. The molecule has 0 bridgehead atoms. The van der Waals surface area contributed by atoms with Gasteiger partial charge >= 0.3 is 151 Å². The molecule has 2 aromatic carbocycles. The molecule has 4 heteroatoms. The molecule has 1 aliphatic rings. The molecule has 0 unspecified atom stereocenters. The number of benzene rings is 2. The molecule has 2 aromatic heterocycles. The van der Waals surface area contributed by atoms with Crippen molar-refractivity contribution in [2.75, 3.05) is 0 Å². The summed E-state index contributed by atoms with van der Waals surface area (Å²) in [6.07, 6.45) is 1.77. The summed E-state index contributed by atoms with van der Waals surface area (Å²) in [4.78, 5) is 17.6. The molecule has 5 rings (SSSR count). The van der Waals surface area contributed by atoms with Gasteiger partial charge in [-0.05, 0) is 0 Å². The molecule has 4 aromatic rings. The van der Waals surface area contributed by atoms with Crippen LogP contribution >= 0.6 is 0 Å². The van der Waals surface area contributed by atoms with Gasteiger partial charge in [-0.1, -0.05) is 0 Å². The van der Waals surface area contributed by atoms with Gasteiger partial charge in [0, 0.05) is 0 Å². The Morgan fingerprint density at radius 3 is 2.68 bits per heavy atom. The summed E-state index contributed by atoms with van der Waals surface area (Å²) in [5.41, 5.74) is 4.36. The summed E-state index contributed by atoms with van der Waals surface area (Å²) in [6, 6.07) is 16.6. The molecule has 0 N–H and O–H groups in total. The second kappa shape index (κ2) is 5.29. The number of hydrogen-bond donors (Lipinski definition) is 0. The zero-order valence-electron chi connectivity index (χ0n) is 14.0. The zero-order chi connectivity index (χ0) is 17.1. The number of para-hydroxylation sites is 1. The van der Waals surface area contributed by atoms with Crippen LogP contribution in [0.4, 0.5) is 0 Å². The molecule has 0 saturated heterocycles. The monoisotopic (exact) mass is 392 g/mol. The zero-order valence-corrected chi connectivity index (χ0v) is 15.7. The van der Waals surface area contributed by atoms with E-state index in [1.807, 2.05) is 24.3 Å². The van der Waals surface area contributed by atoms with Crippen LogP contribution in [0, 0.1) is 0 Å². The van der Waals surface area contributed by atoms with Gasteiger partial charge in [0.15, 0.2) is 0 Å². The van der Waals surface area contributed by atoms with Crippen LogP contribution in [-0.4, -0.2) is 24.5 Å². The van der Waals surface area contributed by atoms with Gasteiger partial charge in [0.05, 0.1) is 0 Å². The van der Waals surface area contributed by atoms with E-state index >= 15 is 0 Å². The fraction of sp³-hybridized carbons (Fsp3) is 0.143. The molecule has 3 nitrogen and oxygen atoms in total. The molecular weight excluding hydrogens is 375 g/mol. The van der Waals surface area contributed by atoms with E-state index in [-0.39, 0.29) is 20.4 Å². The van der Waals surface area contributed by atoms with E-state index < -0.39 is 0 Å². The van der Waals surface area contributed by atoms with Crippen LogP contribution in [0.25, 0.3) is 27.6 Å². The van der Waals surface area contributed by atoms with Crippen molar-refractivity contribution in [3.05, 3.63) is 70.5 Å². The average molecular weight is 391 g/mol. The average Bonchev–Trinajstić information content (AvgIpc) is 2.64. The molecular formula is C21H16N2OSe. The molecule has 3 heterocycles. The standard InChI is InChI=1S/C21H16N2OSe/c1-12(2)13-8-9-17-16(11-13)23-19-14(5-3-7-18(19)25-17)20(24)15-6-4-10-22-21(15)23/h3-12H,1-2H3. The Morgan fingerprint density at radius 2 is 1.84 bits per heavy atom. The van der Waals surface area contributed by atoms with E-state index in [0.717, 1.165) is 16.6 Å². The Balaban J connectivity index is 2.04. The maximum atomic E-state index is 13.0. The first-order valence-corrected chi connectivity index (χ1v) is 10.1. The third-order valence-electron chi connectivity index (χ3n) is 4.82. The fourth-order valence-electron chi connectivity index (χ4n) is 3.53. The van der Waals surface area contributed by atoms with Crippen molar-refractivity contribution in [3.8, 4) is 5.69 Å². The predicted molar refractivity (Wildman–Crippen MR) is 104 cm³/mol. The number of aromatic nitrogens is 2. The van der Waals surface area contributed by atoms with E-state index in [9.17, 15) is 4.79 Å². The van der Waals surface area contributed by atoms with Crippen molar-refractivity contribution in [2.45, 2.75) is 19.8 Å². The summed E-state index contributed by atoms with van der Waals surface area (Å²) < 4.78 is 4.79. The summed E-state index contributed by atoms with van der Waals surface area (Å²) >= 11 is 0.194. The van der Waals surface area contributed by atoms with E-state index in [0.29, 0.717) is 11.3 Å². The van der Waals surface area contributed by atoms with Crippen LogP contribution in [-0.2, 0) is 0 Å². The first-order valence-electron chi connectivity index (χ1n) is 8.40. The molecule has 0 spiro atoms. The normalized spacial score (nSPS) is 12.8. The van der Waals surface area contributed by atoms with Crippen LogP contribution in [0.5, 0.6) is 0 Å². The first-order chi connectivity index (χ1) is 12.1. The summed E-state index contributed by atoms with van der Waals surface area (Å²) in [7, 11) is 0. The number of nitrogens with zero attached hydrogens (tertiary/aromatic N) is 2. The van der Waals surface area contributed by atoms with Crippen molar-refractivity contribution in [3.63, 3.8) is 0 Å². The predicted octanol–water partition coefficient (Wildman–Crippen LogP) is 2.63. The molecule has 0 amide bonds. The number of fused-ring (bicyclic) bond motifs is 4. The molecule has 122 valence electrons. The number of pyridine rings is 2. The Morgan fingerprint density at radius 1 is 1.00 bits per heavy atom. The van der Waals surface area contributed by atoms with Gasteiger partial charge in [0.2, 0.25) is 0 Å². The van der Waals surface area contributed by atoms with Gasteiger partial charge in [-0.2, -0.15) is 0 Å². The van der Waals surface area contributed by atoms with Gasteiger partial charge in [0.25, 0.3) is 0 Å². The number of rotatable bonds is 1. The van der Waals surface area contributed by atoms with Crippen molar-refractivity contribution in [2.24, 2.45) is 0 Å². The minimum atomic E-state index is 0.0791. The molecule has 0 aliphatic carbocycles. The first kappa shape index (κ1) is 14.9. The fourth-order valence-corrected chi connectivity index (χ4v) is 5.78. The van der Waals surface area contributed by atoms with Crippen LogP contribution in [0.1, 0.15) is 25.3 Å². The van der Waals surface area contributed by atoms with Gasteiger partial charge < -0.3 is 0 Å². The van der Waals surface area contributed by atoms with Crippen molar-refractivity contribution >= 4 is 45.8 Å². The molecule has 0 saturated carbocycles. The van der Waals surface area contributed by atoms with E-state index in [2.05, 4.69) is 47.7 Å².